The van der Waals surface area contributed by atoms with Crippen molar-refractivity contribution in [2.45, 2.75) is 58.6 Å². The molecule has 1 heterocycles. The molecular weight excluding hydrogens is 244 g/mol. The van der Waals surface area contributed by atoms with Crippen molar-refractivity contribution in [1.29, 1.82) is 0 Å². The van der Waals surface area contributed by atoms with E-state index in [2.05, 4.69) is 12.2 Å². The maximum atomic E-state index is 12.1. The van der Waals surface area contributed by atoms with E-state index >= 15 is 0 Å². The summed E-state index contributed by atoms with van der Waals surface area (Å²) in [5, 5.41) is 2.53. The highest BCUT2D eigenvalue weighted by Gasteiger charge is 2.51. The van der Waals surface area contributed by atoms with Gasteiger partial charge in [0.05, 0.1) is 0 Å². The predicted octanol–water partition coefficient (Wildman–Crippen LogP) is 1.91. The minimum atomic E-state index is -0.536. The maximum absolute atomic E-state index is 12.1. The van der Waals surface area contributed by atoms with Crippen LogP contribution in [0.2, 0.25) is 0 Å². The topological polar surface area (TPSA) is 58.6 Å². The maximum Gasteiger partial charge on any atom is 0.408 e. The van der Waals surface area contributed by atoms with Gasteiger partial charge in [-0.2, -0.15) is 0 Å². The molecule has 0 radical (unpaired) electrons. The van der Waals surface area contributed by atoms with Crippen LogP contribution in [0.5, 0.6) is 0 Å². The third-order valence-electron chi connectivity index (χ3n) is 3.83. The summed E-state index contributed by atoms with van der Waals surface area (Å²) in [4.78, 5) is 25.5. The van der Waals surface area contributed by atoms with Gasteiger partial charge in [0.1, 0.15) is 12.1 Å². The van der Waals surface area contributed by atoms with Crippen LogP contribution in [0.1, 0.15) is 47.0 Å². The van der Waals surface area contributed by atoms with Crippen LogP contribution in [0.4, 0.5) is 4.79 Å². The molecule has 0 aromatic rings. The first kappa shape index (κ1) is 14.2. The summed E-state index contributed by atoms with van der Waals surface area (Å²) in [6.07, 6.45) is 3.04. The Morgan fingerprint density at radius 1 is 1.37 bits per heavy atom. The van der Waals surface area contributed by atoms with Crippen molar-refractivity contribution in [2.24, 2.45) is 5.41 Å². The average Bonchev–Trinajstić information content (AvgIpc) is 2.91. The van der Waals surface area contributed by atoms with Crippen LogP contribution < -0.4 is 5.32 Å². The average molecular weight is 268 g/mol. The minimum Gasteiger partial charge on any atom is -0.444 e. The molecule has 2 aliphatic rings. The fourth-order valence-corrected chi connectivity index (χ4v) is 2.76. The fourth-order valence-electron chi connectivity index (χ4n) is 2.76. The molecule has 1 saturated heterocycles. The Labute approximate surface area is 114 Å². The Hall–Kier alpha value is -1.26. The highest BCUT2D eigenvalue weighted by molar-refractivity contribution is 5.82. The van der Waals surface area contributed by atoms with E-state index in [0.717, 1.165) is 13.0 Å². The van der Waals surface area contributed by atoms with E-state index in [4.69, 9.17) is 4.74 Å². The van der Waals surface area contributed by atoms with Crippen molar-refractivity contribution in [3.63, 3.8) is 0 Å². The Kier molecular flexibility index (Phi) is 3.49. The van der Waals surface area contributed by atoms with E-state index in [-0.39, 0.29) is 18.5 Å². The molecule has 5 heteroatoms. The molecule has 2 fully saturated rings. The van der Waals surface area contributed by atoms with Crippen LogP contribution >= 0.6 is 0 Å². The van der Waals surface area contributed by atoms with Crippen LogP contribution in [0.25, 0.3) is 0 Å². The monoisotopic (exact) mass is 268 g/mol. The van der Waals surface area contributed by atoms with E-state index < -0.39 is 11.7 Å². The molecule has 0 aromatic carbocycles. The van der Waals surface area contributed by atoms with Gasteiger partial charge >= 0.3 is 6.09 Å². The number of alkyl carbamates (subject to hydrolysis) is 1. The minimum absolute atomic E-state index is 0.0119. The number of amides is 2. The number of carbonyl (C=O) groups excluding carboxylic acids is 2. The molecule has 19 heavy (non-hydrogen) atoms. The van der Waals surface area contributed by atoms with Gasteiger partial charge in [0.25, 0.3) is 0 Å². The molecule has 1 unspecified atom stereocenters. The van der Waals surface area contributed by atoms with Crippen molar-refractivity contribution >= 4 is 12.0 Å². The number of nitrogens with zero attached hydrogens (tertiary/aromatic N) is 1. The van der Waals surface area contributed by atoms with E-state index in [0.29, 0.717) is 5.41 Å². The molecule has 1 atom stereocenters. The first-order chi connectivity index (χ1) is 8.71. The molecular formula is C14H24N2O3. The van der Waals surface area contributed by atoms with Crippen molar-refractivity contribution in [2.75, 3.05) is 13.1 Å². The first-order valence-electron chi connectivity index (χ1n) is 6.97. The van der Waals surface area contributed by atoms with Crippen LogP contribution in [0.15, 0.2) is 0 Å². The zero-order valence-corrected chi connectivity index (χ0v) is 12.3. The summed E-state index contributed by atoms with van der Waals surface area (Å²) in [7, 11) is 0. The standard InChI is InChI=1S/C14H24N2O3/c1-10-7-14(5-6-14)9-16(10)11(17)8-15-12(18)19-13(2,3)4/h10H,5-9H2,1-4H3,(H,15,18). The fraction of sp³-hybridized carbons (Fsp3) is 0.857. The molecule has 0 aromatic heterocycles. The molecule has 0 bridgehead atoms. The quantitative estimate of drug-likeness (QED) is 0.832. The van der Waals surface area contributed by atoms with Crippen LogP contribution in [0, 0.1) is 5.41 Å². The lowest BCUT2D eigenvalue weighted by molar-refractivity contribution is -0.130. The lowest BCUT2D eigenvalue weighted by Gasteiger charge is -2.23. The number of carbonyl (C=O) groups is 2. The predicted molar refractivity (Wildman–Crippen MR) is 71.7 cm³/mol. The summed E-state index contributed by atoms with van der Waals surface area (Å²) in [6.45, 7) is 8.35. The number of nitrogens with one attached hydrogen (secondary N) is 1. The molecule has 5 nitrogen and oxygen atoms in total. The molecule has 1 saturated carbocycles. The SMILES string of the molecule is CC1CC2(CC2)CN1C(=O)CNC(=O)OC(C)(C)C. The van der Waals surface area contributed by atoms with E-state index in [1.807, 2.05) is 4.90 Å². The van der Waals surface area contributed by atoms with Crippen molar-refractivity contribution in [3.05, 3.63) is 0 Å². The summed E-state index contributed by atoms with van der Waals surface area (Å²) in [5.41, 5.74) is -0.132. The van der Waals surface area contributed by atoms with Gasteiger partial charge in [0.15, 0.2) is 0 Å². The molecule has 1 aliphatic carbocycles. The third-order valence-corrected chi connectivity index (χ3v) is 3.83. The largest absolute Gasteiger partial charge is 0.444 e. The second-order valence-corrected chi connectivity index (χ2v) is 6.93. The van der Waals surface area contributed by atoms with Crippen molar-refractivity contribution in [1.82, 2.24) is 10.2 Å². The van der Waals surface area contributed by atoms with Crippen molar-refractivity contribution in [3.8, 4) is 0 Å². The summed E-state index contributed by atoms with van der Waals surface area (Å²) in [5.74, 6) is -0.0119. The third kappa shape index (κ3) is 3.61. The second-order valence-electron chi connectivity index (χ2n) is 6.93. The lowest BCUT2D eigenvalue weighted by atomic mass is 10.0. The van der Waals surface area contributed by atoms with Gasteiger partial charge in [-0.05, 0) is 52.4 Å². The van der Waals surface area contributed by atoms with Gasteiger partial charge in [0.2, 0.25) is 5.91 Å². The number of likely N-dealkylation sites (tertiary alicyclic amines) is 1. The van der Waals surface area contributed by atoms with Gasteiger partial charge in [-0.3, -0.25) is 4.79 Å². The van der Waals surface area contributed by atoms with E-state index in [1.165, 1.54) is 12.8 Å². The highest BCUT2D eigenvalue weighted by atomic mass is 16.6. The first-order valence-corrected chi connectivity index (χ1v) is 6.97. The van der Waals surface area contributed by atoms with Crippen LogP contribution in [-0.4, -0.2) is 41.6 Å². The van der Waals surface area contributed by atoms with Gasteiger partial charge in [0, 0.05) is 12.6 Å². The van der Waals surface area contributed by atoms with Crippen LogP contribution in [-0.2, 0) is 9.53 Å². The molecule has 1 N–H and O–H groups in total. The van der Waals surface area contributed by atoms with Gasteiger partial charge < -0.3 is 15.0 Å². The summed E-state index contributed by atoms with van der Waals surface area (Å²) < 4.78 is 5.11. The van der Waals surface area contributed by atoms with Crippen molar-refractivity contribution < 1.29 is 14.3 Å². The number of ether oxygens (including phenoxy) is 1. The Morgan fingerprint density at radius 2 is 2.00 bits per heavy atom. The van der Waals surface area contributed by atoms with Crippen LogP contribution in [0.3, 0.4) is 0 Å². The molecule has 1 spiro atoms. The van der Waals surface area contributed by atoms with E-state index in [1.54, 1.807) is 20.8 Å². The zero-order chi connectivity index (χ0) is 14.3. The Morgan fingerprint density at radius 3 is 2.47 bits per heavy atom. The van der Waals surface area contributed by atoms with Gasteiger partial charge in [-0.15, -0.1) is 0 Å². The Balaban J connectivity index is 1.77. The second kappa shape index (κ2) is 4.69. The molecule has 1 aliphatic heterocycles. The van der Waals surface area contributed by atoms with Gasteiger partial charge in [-0.1, -0.05) is 0 Å². The van der Waals surface area contributed by atoms with E-state index in [9.17, 15) is 9.59 Å². The highest BCUT2D eigenvalue weighted by Crippen LogP contribution is 2.54. The van der Waals surface area contributed by atoms with Gasteiger partial charge in [-0.25, -0.2) is 4.79 Å². The Bertz CT molecular complexity index is 383. The number of hydrogen-bond donors (Lipinski definition) is 1. The summed E-state index contributed by atoms with van der Waals surface area (Å²) >= 11 is 0. The smallest absolute Gasteiger partial charge is 0.408 e. The number of rotatable bonds is 2. The molecule has 2 rings (SSSR count). The molecule has 108 valence electrons. The summed E-state index contributed by atoms with van der Waals surface area (Å²) in [6, 6.07) is 0.287. The lowest BCUT2D eigenvalue weighted by Crippen LogP contribution is -2.43. The normalized spacial score (nSPS) is 24.4. The number of hydrogen-bond acceptors (Lipinski definition) is 3. The zero-order valence-electron chi connectivity index (χ0n) is 12.3. The molecule has 2 amide bonds.